The molecule has 0 spiro atoms. The van der Waals surface area contributed by atoms with E-state index in [0.717, 1.165) is 17.9 Å². The predicted octanol–water partition coefficient (Wildman–Crippen LogP) is 1.24. The number of rotatable bonds is 4. The van der Waals surface area contributed by atoms with E-state index in [-0.39, 0.29) is 11.6 Å². The largest absolute Gasteiger partial charge is 0.392 e. The van der Waals surface area contributed by atoms with E-state index >= 15 is 0 Å². The first-order chi connectivity index (χ1) is 8.94. The molecule has 1 fully saturated rings. The topological polar surface area (TPSA) is 66.4 Å². The Morgan fingerprint density at radius 3 is 2.74 bits per heavy atom. The number of aliphatic hydroxyl groups excluding tert-OH is 1. The highest BCUT2D eigenvalue weighted by Gasteiger charge is 2.27. The monoisotopic (exact) mass is 309 g/mol. The molecule has 1 aromatic carbocycles. The van der Waals surface area contributed by atoms with Crippen LogP contribution in [0.3, 0.4) is 0 Å². The maximum atomic E-state index is 13.6. The molecule has 8 heteroatoms. The summed E-state index contributed by atoms with van der Waals surface area (Å²) in [7, 11) is -4.12. The molecule has 2 N–H and O–H groups in total. The summed E-state index contributed by atoms with van der Waals surface area (Å²) in [5.74, 6) is -1.26. The summed E-state index contributed by atoms with van der Waals surface area (Å²) in [5.41, 5.74) is 0.0140. The second-order valence-corrected chi connectivity index (χ2v) is 7.06. The van der Waals surface area contributed by atoms with Gasteiger partial charge < -0.3 is 5.11 Å². The molecule has 1 saturated heterocycles. The van der Waals surface area contributed by atoms with E-state index in [2.05, 4.69) is 4.72 Å². The van der Waals surface area contributed by atoms with Gasteiger partial charge >= 0.3 is 0 Å². The molecule has 0 bridgehead atoms. The average Bonchev–Trinajstić information content (AvgIpc) is 2.84. The van der Waals surface area contributed by atoms with E-state index in [4.69, 9.17) is 5.11 Å². The summed E-state index contributed by atoms with van der Waals surface area (Å²) in [5, 5.41) is 8.92. The molecule has 0 aliphatic carbocycles. The Hall–Kier alpha value is -0.700. The van der Waals surface area contributed by atoms with Crippen molar-refractivity contribution in [3.8, 4) is 0 Å². The van der Waals surface area contributed by atoms with Gasteiger partial charge in [-0.3, -0.25) is 0 Å². The first-order valence-corrected chi connectivity index (χ1v) is 8.26. The third-order valence-corrected chi connectivity index (χ3v) is 5.46. The van der Waals surface area contributed by atoms with E-state index in [1.165, 1.54) is 0 Å². The zero-order chi connectivity index (χ0) is 14.0. The minimum absolute atomic E-state index is 0.0140. The minimum Gasteiger partial charge on any atom is -0.392 e. The molecule has 1 aromatic rings. The molecule has 1 unspecified atom stereocenters. The van der Waals surface area contributed by atoms with E-state index in [9.17, 15) is 17.2 Å². The highest BCUT2D eigenvalue weighted by molar-refractivity contribution is 7.99. The van der Waals surface area contributed by atoms with Crippen molar-refractivity contribution in [2.24, 2.45) is 0 Å². The van der Waals surface area contributed by atoms with Crippen LogP contribution in [0.1, 0.15) is 12.0 Å². The molecule has 0 saturated carbocycles. The van der Waals surface area contributed by atoms with Crippen molar-refractivity contribution in [1.29, 1.82) is 0 Å². The number of benzene rings is 1. The van der Waals surface area contributed by atoms with Gasteiger partial charge in [-0.05, 0) is 29.9 Å². The molecule has 2 rings (SSSR count). The number of hydrogen-bond acceptors (Lipinski definition) is 4. The van der Waals surface area contributed by atoms with Gasteiger partial charge in [0.05, 0.1) is 6.61 Å². The van der Waals surface area contributed by atoms with Gasteiger partial charge in [-0.15, -0.1) is 0 Å². The molecule has 4 nitrogen and oxygen atoms in total. The Morgan fingerprint density at radius 2 is 2.16 bits per heavy atom. The second-order valence-electron chi connectivity index (χ2n) is 4.23. The second kappa shape index (κ2) is 5.74. The molecular weight excluding hydrogens is 296 g/mol. The van der Waals surface area contributed by atoms with Gasteiger partial charge in [-0.1, -0.05) is 0 Å². The molecule has 1 atom stereocenters. The van der Waals surface area contributed by atoms with Crippen molar-refractivity contribution in [3.63, 3.8) is 0 Å². The van der Waals surface area contributed by atoms with Crippen LogP contribution in [0.4, 0.5) is 8.78 Å². The molecule has 0 amide bonds. The van der Waals surface area contributed by atoms with E-state index in [1.54, 1.807) is 11.8 Å². The van der Waals surface area contributed by atoms with Gasteiger partial charge in [0.2, 0.25) is 10.0 Å². The summed E-state index contributed by atoms with van der Waals surface area (Å²) in [6.07, 6.45) is 0.660. The van der Waals surface area contributed by atoms with Crippen molar-refractivity contribution in [1.82, 2.24) is 4.72 Å². The number of hydrogen-bond donors (Lipinski definition) is 2. The lowest BCUT2D eigenvalue weighted by molar-refractivity contribution is 0.280. The molecule has 0 aromatic heterocycles. The summed E-state index contributed by atoms with van der Waals surface area (Å²) in [4.78, 5) is -0.756. The van der Waals surface area contributed by atoms with Crippen LogP contribution in [0.2, 0.25) is 0 Å². The van der Waals surface area contributed by atoms with Gasteiger partial charge in [0, 0.05) is 11.8 Å². The van der Waals surface area contributed by atoms with Crippen LogP contribution >= 0.6 is 11.8 Å². The van der Waals surface area contributed by atoms with Crippen molar-refractivity contribution >= 4 is 21.8 Å². The first kappa shape index (κ1) is 14.7. The summed E-state index contributed by atoms with van der Waals surface area (Å²) in [6, 6.07) is 1.46. The lowest BCUT2D eigenvalue weighted by Gasteiger charge is -2.13. The smallest absolute Gasteiger partial charge is 0.243 e. The normalized spacial score (nSPS) is 19.8. The number of nitrogens with one attached hydrogen (secondary N) is 1. The van der Waals surface area contributed by atoms with E-state index in [1.807, 2.05) is 0 Å². The van der Waals surface area contributed by atoms with Gasteiger partial charge in [0.25, 0.3) is 0 Å². The quantitative estimate of drug-likeness (QED) is 0.878. The lowest BCUT2D eigenvalue weighted by atomic mass is 10.2. The molecule has 1 aliphatic heterocycles. The fourth-order valence-electron chi connectivity index (χ4n) is 1.81. The summed E-state index contributed by atoms with van der Waals surface area (Å²) < 4.78 is 53.3. The minimum atomic E-state index is -4.12. The molecule has 19 heavy (non-hydrogen) atoms. The van der Waals surface area contributed by atoms with Crippen molar-refractivity contribution in [2.45, 2.75) is 24.0 Å². The predicted molar refractivity (Wildman–Crippen MR) is 68.3 cm³/mol. The van der Waals surface area contributed by atoms with E-state index in [0.29, 0.717) is 12.2 Å². The van der Waals surface area contributed by atoms with Crippen LogP contribution in [0.15, 0.2) is 17.0 Å². The number of sulfonamides is 1. The Balaban J connectivity index is 2.36. The highest BCUT2D eigenvalue weighted by atomic mass is 32.2. The fraction of sp³-hybridized carbons (Fsp3) is 0.455. The molecular formula is C11H13F2NO3S2. The third-order valence-electron chi connectivity index (χ3n) is 2.78. The Morgan fingerprint density at radius 1 is 1.42 bits per heavy atom. The molecule has 106 valence electrons. The maximum absolute atomic E-state index is 13.6. The first-order valence-electron chi connectivity index (χ1n) is 5.63. The Labute approximate surface area is 114 Å². The highest BCUT2D eigenvalue weighted by Crippen LogP contribution is 2.23. The Kier molecular flexibility index (Phi) is 4.44. The standard InChI is InChI=1S/C11H13F2NO3S2/c12-9-3-7(5-15)4-10(11(9)13)19(16,17)14-8-1-2-18-6-8/h3-4,8,14-15H,1-2,5-6H2. The van der Waals surface area contributed by atoms with Crippen LogP contribution in [0.5, 0.6) is 0 Å². The van der Waals surface area contributed by atoms with Crippen LogP contribution in [0.25, 0.3) is 0 Å². The third kappa shape index (κ3) is 3.25. The fourth-order valence-corrected chi connectivity index (χ4v) is 4.48. The van der Waals surface area contributed by atoms with Crippen LogP contribution < -0.4 is 4.72 Å². The van der Waals surface area contributed by atoms with Crippen LogP contribution in [-0.2, 0) is 16.6 Å². The average molecular weight is 309 g/mol. The molecule has 0 radical (unpaired) electrons. The zero-order valence-corrected chi connectivity index (χ0v) is 11.5. The van der Waals surface area contributed by atoms with Crippen molar-refractivity contribution in [2.75, 3.05) is 11.5 Å². The molecule has 1 aliphatic rings. The number of thioether (sulfide) groups is 1. The summed E-state index contributed by atoms with van der Waals surface area (Å²) >= 11 is 1.60. The SMILES string of the molecule is O=S(=O)(NC1CCSC1)c1cc(CO)cc(F)c1F. The molecule has 1 heterocycles. The summed E-state index contributed by atoms with van der Waals surface area (Å²) in [6.45, 7) is -0.557. The van der Waals surface area contributed by atoms with Gasteiger partial charge in [0.15, 0.2) is 11.6 Å². The van der Waals surface area contributed by atoms with Crippen LogP contribution in [0, 0.1) is 11.6 Å². The Bertz CT molecular complexity index is 572. The maximum Gasteiger partial charge on any atom is 0.243 e. The van der Waals surface area contributed by atoms with Gasteiger partial charge in [-0.25, -0.2) is 21.9 Å². The van der Waals surface area contributed by atoms with Gasteiger partial charge in [0.1, 0.15) is 4.90 Å². The van der Waals surface area contributed by atoms with Crippen molar-refractivity contribution < 1.29 is 22.3 Å². The lowest BCUT2D eigenvalue weighted by Crippen LogP contribution is -2.35. The zero-order valence-electron chi connectivity index (χ0n) is 9.90. The van der Waals surface area contributed by atoms with Gasteiger partial charge in [-0.2, -0.15) is 11.8 Å². The van der Waals surface area contributed by atoms with Crippen LogP contribution in [-0.4, -0.2) is 31.1 Å². The van der Waals surface area contributed by atoms with Crippen molar-refractivity contribution in [3.05, 3.63) is 29.3 Å². The van der Waals surface area contributed by atoms with E-state index < -0.39 is 33.2 Å². The number of aliphatic hydroxyl groups is 1. The number of halogens is 2.